The van der Waals surface area contributed by atoms with E-state index < -0.39 is 0 Å². The molecule has 2 nitrogen and oxygen atoms in total. The highest BCUT2D eigenvalue weighted by atomic mass is 16.4. The van der Waals surface area contributed by atoms with Crippen LogP contribution in [0.3, 0.4) is 0 Å². The molecule has 14 heavy (non-hydrogen) atoms. The van der Waals surface area contributed by atoms with Crippen molar-refractivity contribution in [3.05, 3.63) is 35.9 Å². The van der Waals surface area contributed by atoms with Crippen LogP contribution in [0.4, 0.5) is 0 Å². The van der Waals surface area contributed by atoms with Crippen molar-refractivity contribution in [2.45, 2.75) is 26.7 Å². The Morgan fingerprint density at radius 2 is 1.71 bits per heavy atom. The van der Waals surface area contributed by atoms with Gasteiger partial charge in [-0.2, -0.15) is 0 Å². The molecule has 1 N–H and O–H groups in total. The van der Waals surface area contributed by atoms with Crippen LogP contribution in [0, 0.1) is 5.92 Å². The maximum atomic E-state index is 8.92. The fourth-order valence-electron chi connectivity index (χ4n) is 1.61. The van der Waals surface area contributed by atoms with Crippen LogP contribution < -0.4 is 0 Å². The highest BCUT2D eigenvalue weighted by molar-refractivity contribution is 5.91. The van der Waals surface area contributed by atoms with Crippen molar-refractivity contribution in [2.75, 3.05) is 0 Å². The Kier molecular flexibility index (Phi) is 3.69. The fourth-order valence-corrected chi connectivity index (χ4v) is 1.61. The Morgan fingerprint density at radius 1 is 1.14 bits per heavy atom. The van der Waals surface area contributed by atoms with E-state index in [4.69, 9.17) is 5.21 Å². The van der Waals surface area contributed by atoms with Crippen molar-refractivity contribution < 1.29 is 5.21 Å². The zero-order valence-electron chi connectivity index (χ0n) is 8.94. The lowest BCUT2D eigenvalue weighted by atomic mass is 9.90. The Bertz CT molecular complexity index is 303. The standard InChI is InChI=1S/C12H17NO/c1-9(2)12(13-14)10(3)11-7-5-4-6-8-11/h4-10,14H,1-3H3. The maximum Gasteiger partial charge on any atom is 0.0667 e. The molecule has 0 aliphatic carbocycles. The van der Waals surface area contributed by atoms with Gasteiger partial charge in [-0.05, 0) is 11.5 Å². The summed E-state index contributed by atoms with van der Waals surface area (Å²) in [7, 11) is 0. The number of hydrogen-bond acceptors (Lipinski definition) is 2. The van der Waals surface area contributed by atoms with E-state index in [0.717, 1.165) is 5.71 Å². The van der Waals surface area contributed by atoms with E-state index in [1.165, 1.54) is 5.56 Å². The summed E-state index contributed by atoms with van der Waals surface area (Å²) in [5, 5.41) is 12.3. The van der Waals surface area contributed by atoms with Gasteiger partial charge in [-0.3, -0.25) is 0 Å². The van der Waals surface area contributed by atoms with E-state index in [2.05, 4.69) is 24.2 Å². The van der Waals surface area contributed by atoms with Crippen LogP contribution in [0.1, 0.15) is 32.3 Å². The van der Waals surface area contributed by atoms with Crippen LogP contribution in [0.25, 0.3) is 0 Å². The molecule has 0 saturated heterocycles. The minimum atomic E-state index is 0.182. The number of benzene rings is 1. The second-order valence-electron chi connectivity index (χ2n) is 3.81. The van der Waals surface area contributed by atoms with E-state index in [9.17, 15) is 0 Å². The lowest BCUT2D eigenvalue weighted by Gasteiger charge is -2.16. The summed E-state index contributed by atoms with van der Waals surface area (Å²) < 4.78 is 0. The maximum absolute atomic E-state index is 8.92. The summed E-state index contributed by atoms with van der Waals surface area (Å²) in [6.45, 7) is 6.13. The lowest BCUT2D eigenvalue weighted by Crippen LogP contribution is -2.15. The SMILES string of the molecule is CC(C)C(=NO)C(C)c1ccccc1. The van der Waals surface area contributed by atoms with E-state index in [-0.39, 0.29) is 11.8 Å². The van der Waals surface area contributed by atoms with Crippen LogP contribution in [0.2, 0.25) is 0 Å². The highest BCUT2D eigenvalue weighted by Crippen LogP contribution is 2.20. The summed E-state index contributed by atoms with van der Waals surface area (Å²) in [6.07, 6.45) is 0. The molecule has 0 radical (unpaired) electrons. The van der Waals surface area contributed by atoms with Gasteiger partial charge in [0.05, 0.1) is 5.71 Å². The normalized spacial score (nSPS) is 14.4. The van der Waals surface area contributed by atoms with Gasteiger partial charge in [0.1, 0.15) is 0 Å². The molecule has 0 aliphatic heterocycles. The minimum Gasteiger partial charge on any atom is -0.411 e. The molecule has 0 saturated carbocycles. The van der Waals surface area contributed by atoms with Gasteiger partial charge in [0.15, 0.2) is 0 Å². The molecule has 1 atom stereocenters. The smallest absolute Gasteiger partial charge is 0.0667 e. The largest absolute Gasteiger partial charge is 0.411 e. The molecule has 2 heteroatoms. The molecule has 1 rings (SSSR count). The quantitative estimate of drug-likeness (QED) is 0.444. The predicted octanol–water partition coefficient (Wildman–Crippen LogP) is 3.28. The van der Waals surface area contributed by atoms with Gasteiger partial charge in [-0.15, -0.1) is 0 Å². The number of hydrogen-bond donors (Lipinski definition) is 1. The van der Waals surface area contributed by atoms with E-state index in [1.54, 1.807) is 0 Å². The molecule has 1 aromatic rings. The Labute approximate surface area is 85.3 Å². The second-order valence-corrected chi connectivity index (χ2v) is 3.81. The third kappa shape index (κ3) is 2.34. The Balaban J connectivity index is 2.90. The summed E-state index contributed by atoms with van der Waals surface area (Å²) in [5.41, 5.74) is 2.02. The van der Waals surface area contributed by atoms with Gasteiger partial charge in [0.25, 0.3) is 0 Å². The zero-order chi connectivity index (χ0) is 10.6. The van der Waals surface area contributed by atoms with Gasteiger partial charge in [0.2, 0.25) is 0 Å². The van der Waals surface area contributed by atoms with Crippen LogP contribution in [0.15, 0.2) is 35.5 Å². The van der Waals surface area contributed by atoms with Crippen molar-refractivity contribution >= 4 is 5.71 Å². The van der Waals surface area contributed by atoms with Crippen molar-refractivity contribution in [1.82, 2.24) is 0 Å². The first-order valence-electron chi connectivity index (χ1n) is 4.93. The van der Waals surface area contributed by atoms with Crippen LogP contribution in [-0.2, 0) is 0 Å². The zero-order valence-corrected chi connectivity index (χ0v) is 8.94. The van der Waals surface area contributed by atoms with Gasteiger partial charge in [0, 0.05) is 5.92 Å². The molecule has 0 fully saturated rings. The lowest BCUT2D eigenvalue weighted by molar-refractivity contribution is 0.313. The number of rotatable bonds is 3. The fraction of sp³-hybridized carbons (Fsp3) is 0.417. The molecule has 0 spiro atoms. The molecule has 76 valence electrons. The van der Waals surface area contributed by atoms with E-state index in [0.29, 0.717) is 0 Å². The first kappa shape index (κ1) is 10.8. The summed E-state index contributed by atoms with van der Waals surface area (Å²) in [5.74, 6) is 0.455. The van der Waals surface area contributed by atoms with Gasteiger partial charge < -0.3 is 5.21 Å². The molecule has 1 unspecified atom stereocenters. The second kappa shape index (κ2) is 4.80. The third-order valence-electron chi connectivity index (χ3n) is 2.45. The van der Waals surface area contributed by atoms with Crippen molar-refractivity contribution in [1.29, 1.82) is 0 Å². The van der Waals surface area contributed by atoms with Crippen molar-refractivity contribution in [2.24, 2.45) is 11.1 Å². The minimum absolute atomic E-state index is 0.182. The number of oxime groups is 1. The molecule has 0 amide bonds. The Hall–Kier alpha value is -1.31. The molecule has 1 aromatic carbocycles. The third-order valence-corrected chi connectivity index (χ3v) is 2.45. The average molecular weight is 191 g/mol. The molecule has 0 aromatic heterocycles. The monoisotopic (exact) mass is 191 g/mol. The topological polar surface area (TPSA) is 32.6 Å². The summed E-state index contributed by atoms with van der Waals surface area (Å²) >= 11 is 0. The predicted molar refractivity (Wildman–Crippen MR) is 58.9 cm³/mol. The first-order chi connectivity index (χ1) is 6.66. The molecular weight excluding hydrogens is 174 g/mol. The van der Waals surface area contributed by atoms with Crippen LogP contribution >= 0.6 is 0 Å². The average Bonchev–Trinajstić information content (AvgIpc) is 2.19. The van der Waals surface area contributed by atoms with Crippen molar-refractivity contribution in [3.63, 3.8) is 0 Å². The van der Waals surface area contributed by atoms with Crippen LogP contribution in [0.5, 0.6) is 0 Å². The Morgan fingerprint density at radius 3 is 2.14 bits per heavy atom. The molecule has 0 heterocycles. The van der Waals surface area contributed by atoms with E-state index in [1.807, 2.05) is 32.0 Å². The van der Waals surface area contributed by atoms with Crippen LogP contribution in [-0.4, -0.2) is 10.9 Å². The van der Waals surface area contributed by atoms with Gasteiger partial charge in [-0.25, -0.2) is 0 Å². The van der Waals surface area contributed by atoms with Crippen molar-refractivity contribution in [3.8, 4) is 0 Å². The molecular formula is C12H17NO. The summed E-state index contributed by atoms with van der Waals surface area (Å²) in [4.78, 5) is 0. The molecule has 0 aliphatic rings. The van der Waals surface area contributed by atoms with E-state index >= 15 is 0 Å². The first-order valence-corrected chi connectivity index (χ1v) is 4.93. The number of nitrogens with zero attached hydrogens (tertiary/aromatic N) is 1. The summed E-state index contributed by atoms with van der Waals surface area (Å²) in [6, 6.07) is 10.1. The highest BCUT2D eigenvalue weighted by Gasteiger charge is 2.16. The van der Waals surface area contributed by atoms with Gasteiger partial charge >= 0.3 is 0 Å². The van der Waals surface area contributed by atoms with Gasteiger partial charge in [-0.1, -0.05) is 56.3 Å². The molecule has 0 bridgehead atoms.